The SMILES string of the molecule is COC(=O)c1ccccc1N1CCCCC1=O. The average molecular weight is 233 g/mol. The molecule has 0 radical (unpaired) electrons. The van der Waals surface area contributed by atoms with Crippen molar-refractivity contribution in [3.05, 3.63) is 29.8 Å². The van der Waals surface area contributed by atoms with E-state index in [4.69, 9.17) is 4.74 Å². The molecule has 0 aliphatic carbocycles. The minimum Gasteiger partial charge on any atom is -0.465 e. The number of hydrogen-bond donors (Lipinski definition) is 0. The lowest BCUT2D eigenvalue weighted by molar-refractivity contribution is -0.119. The van der Waals surface area contributed by atoms with Gasteiger partial charge in [0.2, 0.25) is 5.91 Å². The summed E-state index contributed by atoms with van der Waals surface area (Å²) in [5.41, 5.74) is 1.11. The Morgan fingerprint density at radius 3 is 2.76 bits per heavy atom. The van der Waals surface area contributed by atoms with E-state index in [-0.39, 0.29) is 5.91 Å². The van der Waals surface area contributed by atoms with Gasteiger partial charge in [0.25, 0.3) is 0 Å². The molecule has 0 N–H and O–H groups in total. The van der Waals surface area contributed by atoms with Gasteiger partial charge in [-0.3, -0.25) is 4.79 Å². The summed E-state index contributed by atoms with van der Waals surface area (Å²) in [5.74, 6) is -0.327. The van der Waals surface area contributed by atoms with Crippen LogP contribution >= 0.6 is 0 Å². The summed E-state index contributed by atoms with van der Waals surface area (Å²) >= 11 is 0. The molecule has 1 amide bonds. The summed E-state index contributed by atoms with van der Waals surface area (Å²) < 4.78 is 4.73. The van der Waals surface area contributed by atoms with Gasteiger partial charge in [-0.05, 0) is 25.0 Å². The summed E-state index contributed by atoms with van der Waals surface area (Å²) in [7, 11) is 1.34. The Balaban J connectivity index is 2.37. The van der Waals surface area contributed by atoms with E-state index in [1.54, 1.807) is 23.1 Å². The number of rotatable bonds is 2. The largest absolute Gasteiger partial charge is 0.465 e. The van der Waals surface area contributed by atoms with Crippen molar-refractivity contribution in [2.75, 3.05) is 18.6 Å². The van der Waals surface area contributed by atoms with E-state index < -0.39 is 5.97 Å². The van der Waals surface area contributed by atoms with Gasteiger partial charge in [-0.1, -0.05) is 12.1 Å². The Hall–Kier alpha value is -1.84. The van der Waals surface area contributed by atoms with E-state index >= 15 is 0 Å². The first-order chi connectivity index (χ1) is 8.24. The number of amides is 1. The Bertz CT molecular complexity index is 442. The summed E-state index contributed by atoms with van der Waals surface area (Å²) in [6.45, 7) is 0.673. The third-order valence-electron chi connectivity index (χ3n) is 2.92. The van der Waals surface area contributed by atoms with Crippen LogP contribution in [0, 0.1) is 0 Å². The van der Waals surface area contributed by atoms with Crippen molar-refractivity contribution in [2.24, 2.45) is 0 Å². The molecular formula is C13H15NO3. The smallest absolute Gasteiger partial charge is 0.339 e. The Labute approximate surface area is 100 Å². The highest BCUT2D eigenvalue weighted by atomic mass is 16.5. The van der Waals surface area contributed by atoms with Gasteiger partial charge in [0.15, 0.2) is 0 Å². The van der Waals surface area contributed by atoms with Crippen LogP contribution in [0.3, 0.4) is 0 Å². The lowest BCUT2D eigenvalue weighted by Gasteiger charge is -2.28. The predicted molar refractivity (Wildman–Crippen MR) is 64.0 cm³/mol. The van der Waals surface area contributed by atoms with E-state index in [9.17, 15) is 9.59 Å². The second-order valence-corrected chi connectivity index (χ2v) is 4.01. The molecule has 0 atom stereocenters. The summed E-state index contributed by atoms with van der Waals surface area (Å²) in [6, 6.07) is 7.06. The van der Waals surface area contributed by atoms with Crippen LogP contribution in [-0.2, 0) is 9.53 Å². The van der Waals surface area contributed by atoms with Crippen molar-refractivity contribution < 1.29 is 14.3 Å². The van der Waals surface area contributed by atoms with E-state index in [2.05, 4.69) is 0 Å². The molecule has 1 aromatic rings. The number of nitrogens with zero attached hydrogens (tertiary/aromatic N) is 1. The minimum atomic E-state index is -0.404. The highest BCUT2D eigenvalue weighted by molar-refractivity contribution is 6.02. The van der Waals surface area contributed by atoms with Gasteiger partial charge in [-0.15, -0.1) is 0 Å². The number of benzene rings is 1. The first-order valence-corrected chi connectivity index (χ1v) is 5.71. The zero-order chi connectivity index (χ0) is 12.3. The fourth-order valence-electron chi connectivity index (χ4n) is 2.05. The van der Waals surface area contributed by atoms with Gasteiger partial charge in [-0.25, -0.2) is 4.79 Å². The molecular weight excluding hydrogens is 218 g/mol. The molecule has 1 saturated heterocycles. The maximum atomic E-state index is 11.8. The van der Waals surface area contributed by atoms with E-state index in [1.165, 1.54) is 7.11 Å². The van der Waals surface area contributed by atoms with Gasteiger partial charge in [-0.2, -0.15) is 0 Å². The molecule has 4 heteroatoms. The fourth-order valence-corrected chi connectivity index (χ4v) is 2.05. The number of para-hydroxylation sites is 1. The quantitative estimate of drug-likeness (QED) is 0.734. The van der Waals surface area contributed by atoms with Gasteiger partial charge >= 0.3 is 5.97 Å². The Kier molecular flexibility index (Phi) is 3.42. The molecule has 1 fully saturated rings. The number of anilines is 1. The maximum absolute atomic E-state index is 11.8. The zero-order valence-corrected chi connectivity index (χ0v) is 9.81. The molecule has 0 saturated carbocycles. The average Bonchev–Trinajstić information content (AvgIpc) is 2.38. The van der Waals surface area contributed by atoms with Crippen LogP contribution in [0.15, 0.2) is 24.3 Å². The van der Waals surface area contributed by atoms with E-state index in [0.717, 1.165) is 12.8 Å². The normalized spacial score (nSPS) is 15.8. The standard InChI is InChI=1S/C13H15NO3/c1-17-13(16)10-6-2-3-7-11(10)14-9-5-4-8-12(14)15/h2-3,6-7H,4-5,8-9H2,1H3. The number of carbonyl (C=O) groups is 2. The molecule has 0 bridgehead atoms. The third-order valence-corrected chi connectivity index (χ3v) is 2.92. The monoisotopic (exact) mass is 233 g/mol. The molecule has 4 nitrogen and oxygen atoms in total. The predicted octanol–water partition coefficient (Wildman–Crippen LogP) is 1.99. The molecule has 17 heavy (non-hydrogen) atoms. The summed E-state index contributed by atoms with van der Waals surface area (Å²) in [5, 5.41) is 0. The van der Waals surface area contributed by atoms with Crippen molar-refractivity contribution in [3.8, 4) is 0 Å². The third kappa shape index (κ3) is 2.30. The second kappa shape index (κ2) is 4.99. The van der Waals surface area contributed by atoms with Gasteiger partial charge < -0.3 is 9.64 Å². The van der Waals surface area contributed by atoms with Crippen molar-refractivity contribution >= 4 is 17.6 Å². The van der Waals surface area contributed by atoms with Crippen LogP contribution in [0.1, 0.15) is 29.6 Å². The number of ether oxygens (including phenoxy) is 1. The van der Waals surface area contributed by atoms with Gasteiger partial charge in [0.05, 0.1) is 18.4 Å². The highest BCUT2D eigenvalue weighted by Crippen LogP contribution is 2.25. The first-order valence-electron chi connectivity index (χ1n) is 5.71. The number of piperidine rings is 1. The second-order valence-electron chi connectivity index (χ2n) is 4.01. The molecule has 1 heterocycles. The van der Waals surface area contributed by atoms with Crippen molar-refractivity contribution in [1.82, 2.24) is 0 Å². The van der Waals surface area contributed by atoms with E-state index in [1.807, 2.05) is 6.07 Å². The molecule has 0 unspecified atom stereocenters. The topological polar surface area (TPSA) is 46.6 Å². The summed E-state index contributed by atoms with van der Waals surface area (Å²) in [4.78, 5) is 25.1. The van der Waals surface area contributed by atoms with Crippen molar-refractivity contribution in [3.63, 3.8) is 0 Å². The Morgan fingerprint density at radius 2 is 2.06 bits per heavy atom. The highest BCUT2D eigenvalue weighted by Gasteiger charge is 2.23. The van der Waals surface area contributed by atoms with Crippen LogP contribution < -0.4 is 4.90 Å². The van der Waals surface area contributed by atoms with Crippen LogP contribution in [-0.4, -0.2) is 25.5 Å². The maximum Gasteiger partial charge on any atom is 0.339 e. The molecule has 1 aliphatic rings. The molecule has 90 valence electrons. The Morgan fingerprint density at radius 1 is 1.29 bits per heavy atom. The zero-order valence-electron chi connectivity index (χ0n) is 9.81. The van der Waals surface area contributed by atoms with Gasteiger partial charge in [0.1, 0.15) is 0 Å². The number of esters is 1. The molecule has 0 spiro atoms. The molecule has 1 aromatic carbocycles. The lowest BCUT2D eigenvalue weighted by Crippen LogP contribution is -2.36. The lowest BCUT2D eigenvalue weighted by atomic mass is 10.1. The number of methoxy groups -OCH3 is 1. The number of hydrogen-bond acceptors (Lipinski definition) is 3. The van der Waals surface area contributed by atoms with Crippen LogP contribution in [0.5, 0.6) is 0 Å². The van der Waals surface area contributed by atoms with E-state index in [0.29, 0.717) is 24.2 Å². The van der Waals surface area contributed by atoms with Crippen molar-refractivity contribution in [2.45, 2.75) is 19.3 Å². The van der Waals surface area contributed by atoms with Crippen LogP contribution in [0.25, 0.3) is 0 Å². The summed E-state index contributed by atoms with van der Waals surface area (Å²) in [6.07, 6.45) is 2.45. The minimum absolute atomic E-state index is 0.0765. The fraction of sp³-hybridized carbons (Fsp3) is 0.385. The van der Waals surface area contributed by atoms with Crippen LogP contribution in [0.2, 0.25) is 0 Å². The van der Waals surface area contributed by atoms with Crippen molar-refractivity contribution in [1.29, 1.82) is 0 Å². The number of carbonyl (C=O) groups excluding carboxylic acids is 2. The molecule has 0 aromatic heterocycles. The van der Waals surface area contributed by atoms with Gasteiger partial charge in [0, 0.05) is 13.0 Å². The molecule has 2 rings (SSSR count). The van der Waals surface area contributed by atoms with Crippen LogP contribution in [0.4, 0.5) is 5.69 Å². The molecule has 1 aliphatic heterocycles. The first kappa shape index (κ1) is 11.6.